The van der Waals surface area contributed by atoms with Gasteiger partial charge in [0.05, 0.1) is 18.4 Å². The summed E-state index contributed by atoms with van der Waals surface area (Å²) in [7, 11) is 0. The maximum atomic E-state index is 12.2. The first-order chi connectivity index (χ1) is 7.75. The molecule has 0 atom stereocenters. The average molecular weight is 227 g/mol. The van der Waals surface area contributed by atoms with Crippen LogP contribution in [0.3, 0.4) is 0 Å². The van der Waals surface area contributed by atoms with E-state index in [0.29, 0.717) is 13.1 Å². The van der Waals surface area contributed by atoms with Crippen LogP contribution >= 0.6 is 0 Å². The zero-order valence-corrected chi connectivity index (χ0v) is 9.02. The second kappa shape index (κ2) is 5.21. The van der Waals surface area contributed by atoms with E-state index in [9.17, 15) is 8.78 Å². The molecule has 2 heterocycles. The van der Waals surface area contributed by atoms with Gasteiger partial charge in [-0.2, -0.15) is 0 Å². The Kier molecular flexibility index (Phi) is 3.66. The van der Waals surface area contributed by atoms with Crippen LogP contribution in [0, 0.1) is 0 Å². The van der Waals surface area contributed by atoms with E-state index in [1.54, 1.807) is 11.1 Å². The van der Waals surface area contributed by atoms with Crippen LogP contribution in [-0.2, 0) is 0 Å². The minimum absolute atomic E-state index is 0.110. The SMILES string of the molecule is FC(F)CN1CCN(c2cccnc2)CC1. The van der Waals surface area contributed by atoms with Gasteiger partial charge in [0, 0.05) is 32.4 Å². The van der Waals surface area contributed by atoms with E-state index in [0.717, 1.165) is 18.8 Å². The number of hydrogen-bond donors (Lipinski definition) is 0. The molecule has 0 saturated carbocycles. The van der Waals surface area contributed by atoms with E-state index < -0.39 is 6.43 Å². The molecule has 88 valence electrons. The molecule has 1 saturated heterocycles. The lowest BCUT2D eigenvalue weighted by Crippen LogP contribution is -2.47. The molecule has 1 aliphatic heterocycles. The summed E-state index contributed by atoms with van der Waals surface area (Å²) in [6.07, 6.45) is 1.31. The molecule has 16 heavy (non-hydrogen) atoms. The van der Waals surface area contributed by atoms with Crippen molar-refractivity contribution in [2.45, 2.75) is 6.43 Å². The first-order valence-corrected chi connectivity index (χ1v) is 5.41. The molecule has 1 aliphatic rings. The Bertz CT molecular complexity index is 310. The number of rotatable bonds is 3. The van der Waals surface area contributed by atoms with Crippen molar-refractivity contribution < 1.29 is 8.78 Å². The fourth-order valence-corrected chi connectivity index (χ4v) is 1.92. The van der Waals surface area contributed by atoms with E-state index in [4.69, 9.17) is 0 Å². The third kappa shape index (κ3) is 2.88. The van der Waals surface area contributed by atoms with Gasteiger partial charge in [0.1, 0.15) is 0 Å². The molecular weight excluding hydrogens is 212 g/mol. The summed E-state index contributed by atoms with van der Waals surface area (Å²) in [5.74, 6) is 0. The fourth-order valence-electron chi connectivity index (χ4n) is 1.92. The van der Waals surface area contributed by atoms with Crippen molar-refractivity contribution in [2.75, 3.05) is 37.6 Å². The number of alkyl halides is 2. The van der Waals surface area contributed by atoms with Gasteiger partial charge in [-0.3, -0.25) is 9.88 Å². The average Bonchev–Trinajstić information content (AvgIpc) is 2.30. The van der Waals surface area contributed by atoms with E-state index >= 15 is 0 Å². The molecular formula is C11H15F2N3. The van der Waals surface area contributed by atoms with Crippen LogP contribution < -0.4 is 4.90 Å². The lowest BCUT2D eigenvalue weighted by atomic mass is 10.3. The first kappa shape index (κ1) is 11.3. The predicted octanol–water partition coefficient (Wildman–Crippen LogP) is 1.47. The van der Waals surface area contributed by atoms with E-state index in [1.165, 1.54) is 0 Å². The molecule has 0 radical (unpaired) electrons. The molecule has 1 aromatic heterocycles. The molecule has 0 N–H and O–H groups in total. The number of piperazine rings is 1. The number of aromatic nitrogens is 1. The van der Waals surface area contributed by atoms with Crippen molar-refractivity contribution in [3.8, 4) is 0 Å². The molecule has 0 aromatic carbocycles. The van der Waals surface area contributed by atoms with E-state index in [1.807, 2.05) is 18.3 Å². The van der Waals surface area contributed by atoms with Crippen LogP contribution in [-0.4, -0.2) is 49.0 Å². The van der Waals surface area contributed by atoms with Crippen molar-refractivity contribution in [2.24, 2.45) is 0 Å². The maximum Gasteiger partial charge on any atom is 0.251 e. The largest absolute Gasteiger partial charge is 0.368 e. The van der Waals surface area contributed by atoms with Crippen LogP contribution in [0.4, 0.5) is 14.5 Å². The Hall–Kier alpha value is -1.23. The molecule has 1 aromatic rings. The van der Waals surface area contributed by atoms with Crippen LogP contribution in [0.5, 0.6) is 0 Å². The van der Waals surface area contributed by atoms with Crippen molar-refractivity contribution in [1.29, 1.82) is 0 Å². The molecule has 2 rings (SSSR count). The van der Waals surface area contributed by atoms with Crippen LogP contribution in [0.1, 0.15) is 0 Å². The Morgan fingerprint density at radius 3 is 2.56 bits per heavy atom. The van der Waals surface area contributed by atoms with Gasteiger partial charge < -0.3 is 4.90 Å². The zero-order chi connectivity index (χ0) is 11.4. The third-order valence-corrected chi connectivity index (χ3v) is 2.78. The van der Waals surface area contributed by atoms with Gasteiger partial charge in [-0.1, -0.05) is 0 Å². The summed E-state index contributed by atoms with van der Waals surface area (Å²) < 4.78 is 24.3. The Morgan fingerprint density at radius 2 is 2.00 bits per heavy atom. The maximum absolute atomic E-state index is 12.2. The zero-order valence-electron chi connectivity index (χ0n) is 9.02. The molecule has 0 unspecified atom stereocenters. The summed E-state index contributed by atoms with van der Waals surface area (Å²) >= 11 is 0. The van der Waals surface area contributed by atoms with Gasteiger partial charge >= 0.3 is 0 Å². The summed E-state index contributed by atoms with van der Waals surface area (Å²) in [4.78, 5) is 8.03. The van der Waals surface area contributed by atoms with Gasteiger partial charge in [0.15, 0.2) is 0 Å². The van der Waals surface area contributed by atoms with Crippen LogP contribution in [0.25, 0.3) is 0 Å². The molecule has 0 spiro atoms. The summed E-state index contributed by atoms with van der Waals surface area (Å²) in [5.41, 5.74) is 1.07. The highest BCUT2D eigenvalue weighted by Crippen LogP contribution is 2.14. The van der Waals surface area contributed by atoms with Gasteiger partial charge in [-0.15, -0.1) is 0 Å². The van der Waals surface area contributed by atoms with Gasteiger partial charge in [0.2, 0.25) is 0 Å². The molecule has 3 nitrogen and oxygen atoms in total. The number of nitrogens with zero attached hydrogens (tertiary/aromatic N) is 3. The lowest BCUT2D eigenvalue weighted by molar-refractivity contribution is 0.0854. The lowest BCUT2D eigenvalue weighted by Gasteiger charge is -2.35. The van der Waals surface area contributed by atoms with Crippen molar-refractivity contribution in [3.63, 3.8) is 0 Å². The van der Waals surface area contributed by atoms with Crippen molar-refractivity contribution >= 4 is 5.69 Å². The van der Waals surface area contributed by atoms with Gasteiger partial charge in [0.25, 0.3) is 6.43 Å². The summed E-state index contributed by atoms with van der Waals surface area (Å²) in [5, 5.41) is 0. The highest BCUT2D eigenvalue weighted by atomic mass is 19.3. The number of anilines is 1. The number of hydrogen-bond acceptors (Lipinski definition) is 3. The predicted molar refractivity (Wildman–Crippen MR) is 58.9 cm³/mol. The second-order valence-electron chi connectivity index (χ2n) is 3.89. The Balaban J connectivity index is 1.86. The second-order valence-corrected chi connectivity index (χ2v) is 3.89. The Labute approximate surface area is 93.7 Å². The molecule has 0 aliphatic carbocycles. The standard InChI is InChI=1S/C11H15F2N3/c12-11(13)9-15-4-6-16(7-5-15)10-2-1-3-14-8-10/h1-3,8,11H,4-7,9H2. The minimum Gasteiger partial charge on any atom is -0.368 e. The third-order valence-electron chi connectivity index (χ3n) is 2.78. The van der Waals surface area contributed by atoms with E-state index in [-0.39, 0.29) is 6.54 Å². The minimum atomic E-state index is -2.23. The highest BCUT2D eigenvalue weighted by molar-refractivity contribution is 5.43. The van der Waals surface area contributed by atoms with Crippen molar-refractivity contribution in [3.05, 3.63) is 24.5 Å². The molecule has 0 amide bonds. The first-order valence-electron chi connectivity index (χ1n) is 5.41. The normalized spacial score (nSPS) is 18.1. The molecule has 1 fully saturated rings. The summed E-state index contributed by atoms with van der Waals surface area (Å²) in [6.45, 7) is 2.86. The molecule has 5 heteroatoms. The topological polar surface area (TPSA) is 19.4 Å². The molecule has 0 bridgehead atoms. The van der Waals surface area contributed by atoms with Gasteiger partial charge in [-0.25, -0.2) is 8.78 Å². The number of pyridine rings is 1. The van der Waals surface area contributed by atoms with E-state index in [2.05, 4.69) is 9.88 Å². The Morgan fingerprint density at radius 1 is 1.25 bits per heavy atom. The smallest absolute Gasteiger partial charge is 0.251 e. The highest BCUT2D eigenvalue weighted by Gasteiger charge is 2.19. The fraction of sp³-hybridized carbons (Fsp3) is 0.545. The van der Waals surface area contributed by atoms with Crippen molar-refractivity contribution in [1.82, 2.24) is 9.88 Å². The number of halogens is 2. The van der Waals surface area contributed by atoms with Crippen LogP contribution in [0.15, 0.2) is 24.5 Å². The quantitative estimate of drug-likeness (QED) is 0.779. The monoisotopic (exact) mass is 227 g/mol. The van der Waals surface area contributed by atoms with Crippen LogP contribution in [0.2, 0.25) is 0 Å². The summed E-state index contributed by atoms with van der Waals surface area (Å²) in [6, 6.07) is 3.89. The van der Waals surface area contributed by atoms with Gasteiger partial charge in [-0.05, 0) is 12.1 Å².